The summed E-state index contributed by atoms with van der Waals surface area (Å²) in [5.74, 6) is 2.41. The summed E-state index contributed by atoms with van der Waals surface area (Å²) < 4.78 is 0. The Balaban J connectivity index is 2.24. The maximum atomic E-state index is 4.57. The summed E-state index contributed by atoms with van der Waals surface area (Å²) in [6.45, 7) is 8.05. The molecule has 1 fully saturated rings. The normalized spacial score (nSPS) is 28.2. The van der Waals surface area contributed by atoms with Crippen molar-refractivity contribution < 1.29 is 0 Å². The van der Waals surface area contributed by atoms with Crippen LogP contribution in [0.15, 0.2) is 11.6 Å². The fraction of sp³-hybridized carbons (Fsp3) is 0.769. The summed E-state index contributed by atoms with van der Waals surface area (Å²) in [6.07, 6.45) is 4.31. The third kappa shape index (κ3) is 3.04. The molecule has 0 saturated carbocycles. The lowest BCUT2D eigenvalue weighted by Crippen LogP contribution is -2.51. The van der Waals surface area contributed by atoms with E-state index in [1.807, 2.05) is 6.20 Å². The molecule has 0 bridgehead atoms. The molecule has 2 rings (SSSR count). The first-order valence-corrected chi connectivity index (χ1v) is 8.34. The number of nitrogens with one attached hydrogen (secondary N) is 1. The van der Waals surface area contributed by atoms with E-state index in [1.165, 1.54) is 23.6 Å². The Kier molecular flexibility index (Phi) is 4.16. The van der Waals surface area contributed by atoms with Gasteiger partial charge in [-0.1, -0.05) is 20.8 Å². The highest BCUT2D eigenvalue weighted by atomic mass is 32.2. The first-order valence-electron chi connectivity index (χ1n) is 6.31. The molecule has 1 unspecified atom stereocenters. The van der Waals surface area contributed by atoms with Gasteiger partial charge in [-0.05, 0) is 30.6 Å². The van der Waals surface area contributed by atoms with E-state index < -0.39 is 0 Å². The lowest BCUT2D eigenvalue weighted by Gasteiger charge is -2.44. The van der Waals surface area contributed by atoms with Crippen molar-refractivity contribution in [3.05, 3.63) is 16.6 Å². The number of aromatic nitrogens is 1. The number of nitrogens with zero attached hydrogens (tertiary/aromatic N) is 1. The molecule has 1 saturated heterocycles. The zero-order chi connectivity index (χ0) is 12.4. The van der Waals surface area contributed by atoms with Crippen LogP contribution in [0.1, 0.15) is 38.6 Å². The van der Waals surface area contributed by atoms with Crippen molar-refractivity contribution in [1.29, 1.82) is 0 Å². The van der Waals surface area contributed by atoms with Gasteiger partial charge in [0.2, 0.25) is 0 Å². The molecule has 0 radical (unpaired) electrons. The predicted octanol–water partition coefficient (Wildman–Crippen LogP) is 3.50. The number of thioether (sulfide) groups is 1. The zero-order valence-corrected chi connectivity index (χ0v) is 12.6. The Morgan fingerprint density at radius 2 is 2.24 bits per heavy atom. The molecule has 0 aromatic carbocycles. The van der Waals surface area contributed by atoms with Gasteiger partial charge in [0, 0.05) is 17.3 Å². The molecule has 1 atom stereocenters. The number of hydrogen-bond donors (Lipinski definition) is 1. The standard InChI is InChI=1S/C13H22N2S2/c1-4-5-15-13(11-14-6-7-17-11)8-12(2,3)9-16-10-13/h6-7,15H,4-5,8-10H2,1-3H3. The second kappa shape index (κ2) is 5.29. The molecule has 0 amide bonds. The molecule has 4 heteroatoms. The average Bonchev–Trinajstić information content (AvgIpc) is 2.79. The van der Waals surface area contributed by atoms with Gasteiger partial charge in [-0.2, -0.15) is 11.8 Å². The van der Waals surface area contributed by atoms with Crippen LogP contribution in [0.4, 0.5) is 0 Å². The van der Waals surface area contributed by atoms with Crippen molar-refractivity contribution in [2.75, 3.05) is 18.1 Å². The minimum absolute atomic E-state index is 0.108. The van der Waals surface area contributed by atoms with Crippen molar-refractivity contribution in [3.8, 4) is 0 Å². The number of rotatable bonds is 4. The van der Waals surface area contributed by atoms with Gasteiger partial charge in [-0.25, -0.2) is 4.98 Å². The molecule has 1 aromatic rings. The van der Waals surface area contributed by atoms with Crippen LogP contribution in [-0.2, 0) is 5.54 Å². The van der Waals surface area contributed by atoms with Crippen molar-refractivity contribution in [1.82, 2.24) is 10.3 Å². The molecule has 0 spiro atoms. The van der Waals surface area contributed by atoms with Crippen molar-refractivity contribution in [3.63, 3.8) is 0 Å². The third-order valence-electron chi connectivity index (χ3n) is 3.18. The van der Waals surface area contributed by atoms with E-state index in [-0.39, 0.29) is 5.54 Å². The fourth-order valence-electron chi connectivity index (χ4n) is 2.57. The van der Waals surface area contributed by atoms with Crippen LogP contribution in [0.25, 0.3) is 0 Å². The van der Waals surface area contributed by atoms with Gasteiger partial charge < -0.3 is 5.32 Å². The fourth-order valence-corrected chi connectivity index (χ4v) is 4.92. The topological polar surface area (TPSA) is 24.9 Å². The quantitative estimate of drug-likeness (QED) is 0.906. The molecule has 17 heavy (non-hydrogen) atoms. The molecule has 0 aliphatic carbocycles. The minimum atomic E-state index is 0.108. The molecular formula is C13H22N2S2. The first kappa shape index (κ1) is 13.4. The van der Waals surface area contributed by atoms with Crippen LogP contribution < -0.4 is 5.32 Å². The number of hydrogen-bond acceptors (Lipinski definition) is 4. The highest BCUT2D eigenvalue weighted by Crippen LogP contribution is 2.44. The Hall–Kier alpha value is -0.0600. The van der Waals surface area contributed by atoms with E-state index in [1.54, 1.807) is 11.3 Å². The molecule has 1 N–H and O–H groups in total. The second-order valence-electron chi connectivity index (χ2n) is 5.68. The maximum absolute atomic E-state index is 4.57. The Morgan fingerprint density at radius 1 is 1.41 bits per heavy atom. The van der Waals surface area contributed by atoms with Crippen LogP contribution >= 0.6 is 23.1 Å². The van der Waals surface area contributed by atoms with Crippen LogP contribution in [-0.4, -0.2) is 23.0 Å². The highest BCUT2D eigenvalue weighted by Gasteiger charge is 2.42. The van der Waals surface area contributed by atoms with Crippen molar-refractivity contribution >= 4 is 23.1 Å². The summed E-state index contributed by atoms with van der Waals surface area (Å²) in [6, 6.07) is 0. The van der Waals surface area contributed by atoms with E-state index in [2.05, 4.69) is 48.2 Å². The third-order valence-corrected chi connectivity index (χ3v) is 5.84. The van der Waals surface area contributed by atoms with Crippen LogP contribution in [0, 0.1) is 5.41 Å². The van der Waals surface area contributed by atoms with Gasteiger partial charge in [-0.15, -0.1) is 11.3 Å². The first-order chi connectivity index (χ1) is 8.08. The second-order valence-corrected chi connectivity index (χ2v) is 7.56. The van der Waals surface area contributed by atoms with Gasteiger partial charge in [0.05, 0.1) is 5.54 Å². The summed E-state index contributed by atoms with van der Waals surface area (Å²) in [5, 5.41) is 7.13. The molecule has 96 valence electrons. The monoisotopic (exact) mass is 270 g/mol. The van der Waals surface area contributed by atoms with E-state index in [9.17, 15) is 0 Å². The summed E-state index contributed by atoms with van der Waals surface area (Å²) >= 11 is 3.85. The lowest BCUT2D eigenvalue weighted by atomic mass is 9.80. The molecular weight excluding hydrogens is 248 g/mol. The predicted molar refractivity (Wildman–Crippen MR) is 77.8 cm³/mol. The molecule has 2 nitrogen and oxygen atoms in total. The van der Waals surface area contributed by atoms with Gasteiger partial charge >= 0.3 is 0 Å². The molecule has 1 aliphatic heterocycles. The Labute approximate surface area is 113 Å². The smallest absolute Gasteiger partial charge is 0.114 e. The van der Waals surface area contributed by atoms with E-state index >= 15 is 0 Å². The highest BCUT2D eigenvalue weighted by molar-refractivity contribution is 7.99. The lowest BCUT2D eigenvalue weighted by molar-refractivity contribution is 0.224. The zero-order valence-electron chi connectivity index (χ0n) is 11.0. The summed E-state index contributed by atoms with van der Waals surface area (Å²) in [7, 11) is 0. The van der Waals surface area contributed by atoms with Crippen LogP contribution in [0.5, 0.6) is 0 Å². The maximum Gasteiger partial charge on any atom is 0.114 e. The minimum Gasteiger partial charge on any atom is -0.305 e. The van der Waals surface area contributed by atoms with E-state index in [0.717, 1.165) is 12.3 Å². The largest absolute Gasteiger partial charge is 0.305 e. The van der Waals surface area contributed by atoms with E-state index in [0.29, 0.717) is 5.41 Å². The van der Waals surface area contributed by atoms with Crippen LogP contribution in [0.3, 0.4) is 0 Å². The Bertz CT molecular complexity index is 348. The molecule has 1 aliphatic rings. The molecule has 2 heterocycles. The van der Waals surface area contributed by atoms with Gasteiger partial charge in [-0.3, -0.25) is 0 Å². The summed E-state index contributed by atoms with van der Waals surface area (Å²) in [5.41, 5.74) is 0.506. The molecule has 1 aromatic heterocycles. The van der Waals surface area contributed by atoms with E-state index in [4.69, 9.17) is 0 Å². The summed E-state index contributed by atoms with van der Waals surface area (Å²) in [4.78, 5) is 4.57. The van der Waals surface area contributed by atoms with Gasteiger partial charge in [0.15, 0.2) is 0 Å². The van der Waals surface area contributed by atoms with Crippen molar-refractivity contribution in [2.45, 2.75) is 39.2 Å². The van der Waals surface area contributed by atoms with Gasteiger partial charge in [0.25, 0.3) is 0 Å². The Morgan fingerprint density at radius 3 is 2.82 bits per heavy atom. The average molecular weight is 270 g/mol. The van der Waals surface area contributed by atoms with Crippen LogP contribution in [0.2, 0.25) is 0 Å². The SMILES string of the molecule is CCCNC1(c2nccs2)CSCC(C)(C)C1. The number of thiazole rings is 1. The van der Waals surface area contributed by atoms with Crippen molar-refractivity contribution in [2.24, 2.45) is 5.41 Å². The van der Waals surface area contributed by atoms with Gasteiger partial charge in [0.1, 0.15) is 5.01 Å².